The summed E-state index contributed by atoms with van der Waals surface area (Å²) in [5.74, 6) is 0.431. The van der Waals surface area contributed by atoms with Crippen molar-refractivity contribution in [1.29, 1.82) is 0 Å². The van der Waals surface area contributed by atoms with Crippen molar-refractivity contribution < 1.29 is 22.7 Å². The molecule has 1 amide bonds. The van der Waals surface area contributed by atoms with E-state index in [0.29, 0.717) is 31.3 Å². The molecule has 1 aromatic heterocycles. The number of amides is 1. The van der Waals surface area contributed by atoms with Crippen LogP contribution in [0, 0.1) is 0 Å². The highest BCUT2D eigenvalue weighted by Crippen LogP contribution is 2.18. The number of likely N-dealkylation sites (tertiary alicyclic amines) is 1. The Kier molecular flexibility index (Phi) is 5.37. The number of hydrogen-bond acceptors (Lipinski definition) is 7. The number of aromatic nitrogens is 2. The van der Waals surface area contributed by atoms with Gasteiger partial charge in [-0.15, -0.1) is 0 Å². The summed E-state index contributed by atoms with van der Waals surface area (Å²) in [6.07, 6.45) is 4.46. The lowest BCUT2D eigenvalue weighted by Gasteiger charge is -2.20. The molecular weight excluding hydrogens is 324 g/mol. The van der Waals surface area contributed by atoms with Gasteiger partial charge in [0.2, 0.25) is 27.7 Å². The lowest BCUT2D eigenvalue weighted by molar-refractivity contribution is -0.130. The van der Waals surface area contributed by atoms with E-state index >= 15 is 0 Å². The van der Waals surface area contributed by atoms with Crippen LogP contribution in [-0.2, 0) is 14.8 Å². The van der Waals surface area contributed by atoms with Crippen LogP contribution >= 0.6 is 0 Å². The van der Waals surface area contributed by atoms with E-state index in [1.807, 2.05) is 0 Å². The summed E-state index contributed by atoms with van der Waals surface area (Å²) in [6, 6.07) is 0. The number of methoxy groups -OCH3 is 1. The normalized spacial score (nSPS) is 18.3. The first kappa shape index (κ1) is 17.4. The molecule has 128 valence electrons. The van der Waals surface area contributed by atoms with Gasteiger partial charge in [0, 0.05) is 20.0 Å². The number of nitrogens with zero attached hydrogens (tertiary/aromatic N) is 4. The molecule has 0 unspecified atom stereocenters. The minimum absolute atomic E-state index is 0.176. The van der Waals surface area contributed by atoms with Gasteiger partial charge in [0.25, 0.3) is 0 Å². The van der Waals surface area contributed by atoms with Gasteiger partial charge in [-0.2, -0.15) is 9.29 Å². The van der Waals surface area contributed by atoms with Gasteiger partial charge in [0.05, 0.1) is 38.8 Å². The van der Waals surface area contributed by atoms with Crippen molar-refractivity contribution in [3.8, 4) is 11.8 Å². The molecule has 1 fully saturated rings. The third kappa shape index (κ3) is 4.76. The SMILES string of the molecule is COc1cncc(O[C@H]2CCN(C(=O)CN(C)S(C)(=O)=O)C2)n1. The topological polar surface area (TPSA) is 102 Å². The lowest BCUT2D eigenvalue weighted by Crippen LogP contribution is -2.40. The Morgan fingerprint density at radius 2 is 2.13 bits per heavy atom. The second-order valence-corrected chi connectivity index (χ2v) is 7.38. The molecule has 0 aromatic carbocycles. The minimum Gasteiger partial charge on any atom is -0.480 e. The molecule has 0 radical (unpaired) electrons. The highest BCUT2D eigenvalue weighted by atomic mass is 32.2. The molecule has 1 aliphatic heterocycles. The van der Waals surface area contributed by atoms with Crippen molar-refractivity contribution >= 4 is 15.9 Å². The molecule has 1 aromatic rings. The van der Waals surface area contributed by atoms with E-state index in [1.165, 1.54) is 26.6 Å². The number of sulfonamides is 1. The van der Waals surface area contributed by atoms with Crippen molar-refractivity contribution in [3.05, 3.63) is 12.4 Å². The first-order chi connectivity index (χ1) is 10.8. The first-order valence-electron chi connectivity index (χ1n) is 7.01. The van der Waals surface area contributed by atoms with Gasteiger partial charge in [-0.3, -0.25) is 9.78 Å². The number of likely N-dealkylation sites (N-methyl/N-ethyl adjacent to an activating group) is 1. The van der Waals surface area contributed by atoms with Crippen molar-refractivity contribution in [3.63, 3.8) is 0 Å². The van der Waals surface area contributed by atoms with Crippen LogP contribution in [-0.4, -0.2) is 79.6 Å². The summed E-state index contributed by atoms with van der Waals surface area (Å²) >= 11 is 0. The fraction of sp³-hybridized carbons (Fsp3) is 0.615. The zero-order valence-corrected chi connectivity index (χ0v) is 14.1. The van der Waals surface area contributed by atoms with Crippen molar-refractivity contribution in [2.75, 3.05) is 40.0 Å². The van der Waals surface area contributed by atoms with Crippen molar-refractivity contribution in [2.45, 2.75) is 12.5 Å². The van der Waals surface area contributed by atoms with Gasteiger partial charge in [0.15, 0.2) is 0 Å². The minimum atomic E-state index is -3.37. The molecule has 0 saturated carbocycles. The van der Waals surface area contributed by atoms with Crippen LogP contribution in [0.25, 0.3) is 0 Å². The highest BCUT2D eigenvalue weighted by Gasteiger charge is 2.29. The molecule has 10 heteroatoms. The standard InChI is InChI=1S/C13H20N4O5S/c1-16(23(3,19)20)9-13(18)17-5-4-10(8-17)22-12-7-14-6-11(15-12)21-2/h6-7,10H,4-5,8-9H2,1-3H3/t10-/m0/s1. The fourth-order valence-electron chi connectivity index (χ4n) is 2.12. The Labute approximate surface area is 135 Å². The summed E-state index contributed by atoms with van der Waals surface area (Å²) in [7, 11) is -0.509. The summed E-state index contributed by atoms with van der Waals surface area (Å²) in [4.78, 5) is 21.8. The average molecular weight is 344 g/mol. The Bertz CT molecular complexity index is 666. The Morgan fingerprint density at radius 3 is 2.78 bits per heavy atom. The van der Waals surface area contributed by atoms with E-state index in [0.717, 1.165) is 10.6 Å². The number of rotatable bonds is 6. The monoisotopic (exact) mass is 344 g/mol. The van der Waals surface area contributed by atoms with E-state index in [2.05, 4.69) is 9.97 Å². The van der Waals surface area contributed by atoms with E-state index in [1.54, 1.807) is 4.90 Å². The number of ether oxygens (including phenoxy) is 2. The van der Waals surface area contributed by atoms with Crippen LogP contribution < -0.4 is 9.47 Å². The predicted molar refractivity (Wildman–Crippen MR) is 81.7 cm³/mol. The van der Waals surface area contributed by atoms with Crippen LogP contribution in [0.3, 0.4) is 0 Å². The Balaban J connectivity index is 1.89. The van der Waals surface area contributed by atoms with Crippen molar-refractivity contribution in [1.82, 2.24) is 19.2 Å². The maximum atomic E-state index is 12.1. The molecule has 1 saturated heterocycles. The number of carbonyl (C=O) groups is 1. The molecule has 1 atom stereocenters. The quantitative estimate of drug-likeness (QED) is 0.676. The summed E-state index contributed by atoms with van der Waals surface area (Å²) in [5.41, 5.74) is 0. The van der Waals surface area contributed by atoms with Crippen LogP contribution in [0.5, 0.6) is 11.8 Å². The van der Waals surface area contributed by atoms with Gasteiger partial charge in [-0.25, -0.2) is 8.42 Å². The van der Waals surface area contributed by atoms with Gasteiger partial charge in [0.1, 0.15) is 6.10 Å². The Hall–Kier alpha value is -1.94. The summed E-state index contributed by atoms with van der Waals surface area (Å²) < 4.78 is 34.4. The van der Waals surface area contributed by atoms with E-state index < -0.39 is 10.0 Å². The molecule has 0 aliphatic carbocycles. The van der Waals surface area contributed by atoms with E-state index in [-0.39, 0.29) is 18.6 Å². The number of hydrogen-bond donors (Lipinski definition) is 0. The smallest absolute Gasteiger partial charge is 0.238 e. The van der Waals surface area contributed by atoms with E-state index in [9.17, 15) is 13.2 Å². The second kappa shape index (κ2) is 7.09. The first-order valence-corrected chi connectivity index (χ1v) is 8.86. The third-order valence-corrected chi connectivity index (χ3v) is 4.77. The predicted octanol–water partition coefficient (Wildman–Crippen LogP) is -0.644. The summed E-state index contributed by atoms with van der Waals surface area (Å²) in [5, 5.41) is 0. The molecule has 1 aliphatic rings. The van der Waals surface area contributed by atoms with Gasteiger partial charge in [-0.1, -0.05) is 0 Å². The van der Waals surface area contributed by atoms with Gasteiger partial charge in [-0.05, 0) is 0 Å². The van der Waals surface area contributed by atoms with Gasteiger partial charge >= 0.3 is 0 Å². The zero-order valence-electron chi connectivity index (χ0n) is 13.3. The molecule has 9 nitrogen and oxygen atoms in total. The second-order valence-electron chi connectivity index (χ2n) is 5.29. The maximum Gasteiger partial charge on any atom is 0.238 e. The van der Waals surface area contributed by atoms with Gasteiger partial charge < -0.3 is 14.4 Å². The molecule has 2 rings (SSSR count). The van der Waals surface area contributed by atoms with Crippen LogP contribution in [0.15, 0.2) is 12.4 Å². The van der Waals surface area contributed by atoms with Crippen LogP contribution in [0.4, 0.5) is 0 Å². The van der Waals surface area contributed by atoms with Crippen molar-refractivity contribution in [2.24, 2.45) is 0 Å². The molecule has 23 heavy (non-hydrogen) atoms. The Morgan fingerprint density at radius 1 is 1.43 bits per heavy atom. The highest BCUT2D eigenvalue weighted by molar-refractivity contribution is 7.88. The van der Waals surface area contributed by atoms with Crippen LogP contribution in [0.1, 0.15) is 6.42 Å². The third-order valence-electron chi connectivity index (χ3n) is 3.51. The molecule has 0 N–H and O–H groups in total. The average Bonchev–Trinajstić information content (AvgIpc) is 2.95. The molecule has 0 bridgehead atoms. The number of carbonyl (C=O) groups excluding carboxylic acids is 1. The maximum absolute atomic E-state index is 12.1. The summed E-state index contributed by atoms with van der Waals surface area (Å²) in [6.45, 7) is 0.721. The largest absolute Gasteiger partial charge is 0.480 e. The molecular formula is C13H20N4O5S. The molecule has 2 heterocycles. The zero-order chi connectivity index (χ0) is 17.0. The molecule has 0 spiro atoms. The lowest BCUT2D eigenvalue weighted by atomic mass is 10.3. The fourth-order valence-corrected chi connectivity index (χ4v) is 2.46. The van der Waals surface area contributed by atoms with Crippen LogP contribution in [0.2, 0.25) is 0 Å². The van der Waals surface area contributed by atoms with E-state index in [4.69, 9.17) is 9.47 Å².